The number of rotatable bonds is 2. The number of nitrogens with two attached hydrogens (primary N) is 1. The Balaban J connectivity index is 1.88. The van der Waals surface area contributed by atoms with E-state index >= 15 is 0 Å². The molecule has 92 valence electrons. The summed E-state index contributed by atoms with van der Waals surface area (Å²) < 4.78 is 1.08. The third kappa shape index (κ3) is 2.10. The molecule has 1 heterocycles. The summed E-state index contributed by atoms with van der Waals surface area (Å²) in [6, 6.07) is 14.7. The van der Waals surface area contributed by atoms with E-state index in [1.807, 2.05) is 12.1 Å². The zero-order valence-electron chi connectivity index (χ0n) is 10.1. The highest BCUT2D eigenvalue weighted by atomic mass is 79.9. The van der Waals surface area contributed by atoms with Crippen molar-refractivity contribution in [2.75, 3.05) is 17.2 Å². The van der Waals surface area contributed by atoms with Gasteiger partial charge in [-0.2, -0.15) is 0 Å². The number of para-hydroxylation sites is 1. The number of anilines is 2. The lowest BCUT2D eigenvalue weighted by atomic mass is 10.1. The van der Waals surface area contributed by atoms with Gasteiger partial charge >= 0.3 is 0 Å². The fraction of sp³-hybridized carbons (Fsp3) is 0.200. The van der Waals surface area contributed by atoms with Crippen molar-refractivity contribution in [2.24, 2.45) is 0 Å². The highest BCUT2D eigenvalue weighted by molar-refractivity contribution is 9.10. The minimum atomic E-state index is 0.864. The average Bonchev–Trinajstić information content (AvgIpc) is 2.78. The molecule has 0 unspecified atom stereocenters. The highest BCUT2D eigenvalue weighted by Crippen LogP contribution is 2.30. The predicted octanol–water partition coefficient (Wildman–Crippen LogP) is 3.59. The first kappa shape index (κ1) is 11.6. The third-order valence-corrected chi connectivity index (χ3v) is 3.94. The van der Waals surface area contributed by atoms with Crippen LogP contribution in [-0.2, 0) is 13.0 Å². The quantitative estimate of drug-likeness (QED) is 0.859. The molecule has 0 saturated carbocycles. The second-order valence-electron chi connectivity index (χ2n) is 4.64. The van der Waals surface area contributed by atoms with Crippen LogP contribution in [0, 0.1) is 0 Å². The highest BCUT2D eigenvalue weighted by Gasteiger charge is 2.18. The molecule has 0 radical (unpaired) electrons. The van der Waals surface area contributed by atoms with Crippen LogP contribution in [0.15, 0.2) is 46.9 Å². The molecule has 0 saturated heterocycles. The summed E-state index contributed by atoms with van der Waals surface area (Å²) in [5, 5.41) is 0. The summed E-state index contributed by atoms with van der Waals surface area (Å²) in [4.78, 5) is 2.40. The lowest BCUT2D eigenvalue weighted by molar-refractivity contribution is 0.837. The first-order valence-corrected chi connectivity index (χ1v) is 6.90. The maximum absolute atomic E-state index is 6.04. The lowest BCUT2D eigenvalue weighted by Crippen LogP contribution is -2.20. The molecule has 2 aromatic rings. The monoisotopic (exact) mass is 302 g/mol. The van der Waals surface area contributed by atoms with Crippen LogP contribution in [0.25, 0.3) is 0 Å². The van der Waals surface area contributed by atoms with Crippen LogP contribution in [0.3, 0.4) is 0 Å². The minimum absolute atomic E-state index is 0.864. The molecule has 3 rings (SSSR count). The van der Waals surface area contributed by atoms with E-state index in [1.54, 1.807) is 0 Å². The van der Waals surface area contributed by atoms with Gasteiger partial charge in [-0.15, -0.1) is 0 Å². The molecule has 2 N–H and O–H groups in total. The molecule has 18 heavy (non-hydrogen) atoms. The topological polar surface area (TPSA) is 29.3 Å². The molecule has 0 spiro atoms. The van der Waals surface area contributed by atoms with Crippen molar-refractivity contribution in [3.8, 4) is 0 Å². The van der Waals surface area contributed by atoms with Gasteiger partial charge in [-0.25, -0.2) is 0 Å². The standard InChI is InChI=1S/C15H15BrN2/c16-13-5-6-14(17)12(9-13)10-18-8-7-11-3-1-2-4-15(11)18/h1-6,9H,7-8,10,17H2. The van der Waals surface area contributed by atoms with Gasteiger partial charge in [0.15, 0.2) is 0 Å². The zero-order chi connectivity index (χ0) is 12.5. The largest absolute Gasteiger partial charge is 0.398 e. The van der Waals surface area contributed by atoms with Gasteiger partial charge in [0.25, 0.3) is 0 Å². The number of benzene rings is 2. The van der Waals surface area contributed by atoms with Crippen molar-refractivity contribution >= 4 is 27.3 Å². The lowest BCUT2D eigenvalue weighted by Gasteiger charge is -2.20. The summed E-state index contributed by atoms with van der Waals surface area (Å²) in [7, 11) is 0. The zero-order valence-corrected chi connectivity index (χ0v) is 11.7. The fourth-order valence-electron chi connectivity index (χ4n) is 2.49. The molecule has 2 nitrogen and oxygen atoms in total. The number of fused-ring (bicyclic) bond motifs is 1. The predicted molar refractivity (Wildman–Crippen MR) is 79.8 cm³/mol. The number of nitrogens with zero attached hydrogens (tertiary/aromatic N) is 1. The maximum atomic E-state index is 6.04. The second-order valence-corrected chi connectivity index (χ2v) is 5.56. The smallest absolute Gasteiger partial charge is 0.0450 e. The maximum Gasteiger partial charge on any atom is 0.0450 e. The number of hydrogen-bond donors (Lipinski definition) is 1. The van der Waals surface area contributed by atoms with E-state index in [9.17, 15) is 0 Å². The van der Waals surface area contributed by atoms with E-state index in [2.05, 4.69) is 51.2 Å². The molecule has 0 aliphatic carbocycles. The molecule has 0 fully saturated rings. The van der Waals surface area contributed by atoms with Crippen LogP contribution in [0.1, 0.15) is 11.1 Å². The van der Waals surface area contributed by atoms with E-state index in [4.69, 9.17) is 5.73 Å². The average molecular weight is 303 g/mol. The van der Waals surface area contributed by atoms with E-state index in [0.29, 0.717) is 0 Å². The molecule has 0 aromatic heterocycles. The number of nitrogen functional groups attached to an aromatic ring is 1. The van der Waals surface area contributed by atoms with Crippen LogP contribution in [0.2, 0.25) is 0 Å². The van der Waals surface area contributed by atoms with Crippen molar-refractivity contribution in [3.05, 3.63) is 58.1 Å². The van der Waals surface area contributed by atoms with Crippen LogP contribution >= 0.6 is 15.9 Å². The number of halogens is 1. The Hall–Kier alpha value is -1.48. The van der Waals surface area contributed by atoms with Crippen molar-refractivity contribution in [1.29, 1.82) is 0 Å². The van der Waals surface area contributed by atoms with Gasteiger partial charge in [-0.1, -0.05) is 34.1 Å². The number of hydrogen-bond acceptors (Lipinski definition) is 2. The Kier molecular flexibility index (Phi) is 3.00. The Labute approximate surface area is 116 Å². The van der Waals surface area contributed by atoms with Gasteiger partial charge in [0, 0.05) is 28.9 Å². The third-order valence-electron chi connectivity index (χ3n) is 3.45. The first-order valence-electron chi connectivity index (χ1n) is 6.11. The molecule has 0 amide bonds. The Morgan fingerprint density at radius 2 is 2.00 bits per heavy atom. The van der Waals surface area contributed by atoms with Crippen LogP contribution in [0.5, 0.6) is 0 Å². The van der Waals surface area contributed by atoms with Crippen molar-refractivity contribution in [1.82, 2.24) is 0 Å². The van der Waals surface area contributed by atoms with Gasteiger partial charge in [0.1, 0.15) is 0 Å². The SMILES string of the molecule is Nc1ccc(Br)cc1CN1CCc2ccccc21. The first-order chi connectivity index (χ1) is 8.74. The molecule has 0 atom stereocenters. The van der Waals surface area contributed by atoms with Crippen LogP contribution < -0.4 is 10.6 Å². The molecular formula is C15H15BrN2. The van der Waals surface area contributed by atoms with E-state index in [0.717, 1.165) is 29.7 Å². The van der Waals surface area contributed by atoms with Gasteiger partial charge in [0.2, 0.25) is 0 Å². The Bertz CT molecular complexity index is 580. The molecule has 0 bridgehead atoms. The van der Waals surface area contributed by atoms with Gasteiger partial charge < -0.3 is 10.6 Å². The fourth-order valence-corrected chi connectivity index (χ4v) is 2.90. The Morgan fingerprint density at radius 1 is 1.17 bits per heavy atom. The normalized spacial score (nSPS) is 13.7. The van der Waals surface area contributed by atoms with Crippen LogP contribution in [0.4, 0.5) is 11.4 Å². The van der Waals surface area contributed by atoms with Gasteiger partial charge in [-0.05, 0) is 41.8 Å². The summed E-state index contributed by atoms with van der Waals surface area (Å²) >= 11 is 3.50. The molecule has 2 aromatic carbocycles. The van der Waals surface area contributed by atoms with E-state index < -0.39 is 0 Å². The summed E-state index contributed by atoms with van der Waals surface area (Å²) in [6.45, 7) is 1.95. The van der Waals surface area contributed by atoms with E-state index in [1.165, 1.54) is 16.8 Å². The second kappa shape index (κ2) is 4.65. The molecule has 1 aliphatic rings. The van der Waals surface area contributed by atoms with E-state index in [-0.39, 0.29) is 0 Å². The van der Waals surface area contributed by atoms with Crippen molar-refractivity contribution in [2.45, 2.75) is 13.0 Å². The Morgan fingerprint density at radius 3 is 2.89 bits per heavy atom. The summed E-state index contributed by atoms with van der Waals surface area (Å²) in [5.41, 5.74) is 10.9. The molecule has 1 aliphatic heterocycles. The molecule has 3 heteroatoms. The van der Waals surface area contributed by atoms with Crippen molar-refractivity contribution < 1.29 is 0 Å². The minimum Gasteiger partial charge on any atom is -0.398 e. The van der Waals surface area contributed by atoms with Crippen molar-refractivity contribution in [3.63, 3.8) is 0 Å². The summed E-state index contributed by atoms with van der Waals surface area (Å²) in [5.74, 6) is 0. The van der Waals surface area contributed by atoms with Gasteiger partial charge in [0.05, 0.1) is 0 Å². The molecular weight excluding hydrogens is 288 g/mol. The van der Waals surface area contributed by atoms with Gasteiger partial charge in [-0.3, -0.25) is 0 Å². The van der Waals surface area contributed by atoms with Crippen LogP contribution in [-0.4, -0.2) is 6.54 Å². The summed E-state index contributed by atoms with van der Waals surface area (Å²) in [6.07, 6.45) is 1.13.